The van der Waals surface area contributed by atoms with Crippen LogP contribution in [0.5, 0.6) is 0 Å². The van der Waals surface area contributed by atoms with Gasteiger partial charge < -0.3 is 0 Å². The van der Waals surface area contributed by atoms with Gasteiger partial charge >= 0.3 is 0 Å². The maximum absolute atomic E-state index is 10.8. The molecule has 1 atom stereocenters. The number of rotatable bonds is 7. The zero-order valence-electron chi connectivity index (χ0n) is 15.3. The van der Waals surface area contributed by atoms with Crippen LogP contribution in [0.3, 0.4) is 0 Å². The van der Waals surface area contributed by atoms with Crippen molar-refractivity contribution in [1.29, 1.82) is 0 Å². The summed E-state index contributed by atoms with van der Waals surface area (Å²) in [6.07, 6.45) is 4.26. The lowest BCUT2D eigenvalue weighted by Crippen LogP contribution is -2.32. The predicted molar refractivity (Wildman–Crippen MR) is 102 cm³/mol. The zero-order chi connectivity index (χ0) is 18.5. The Labute approximate surface area is 157 Å². The summed E-state index contributed by atoms with van der Waals surface area (Å²) < 4.78 is 24.1. The molecular weight excluding hydrogens is 350 g/mol. The molecule has 7 nitrogen and oxygen atoms in total. The molecule has 0 bridgehead atoms. The molecule has 1 fully saturated rings. The average molecular weight is 378 g/mol. The summed E-state index contributed by atoms with van der Waals surface area (Å²) in [4.78, 5) is 2.44. The van der Waals surface area contributed by atoms with Gasteiger partial charge in [-0.05, 0) is 56.8 Å². The van der Waals surface area contributed by atoms with E-state index in [0.717, 1.165) is 43.7 Å². The van der Waals surface area contributed by atoms with Crippen LogP contribution < -0.4 is 4.72 Å². The van der Waals surface area contributed by atoms with Crippen LogP contribution >= 0.6 is 0 Å². The van der Waals surface area contributed by atoms with Crippen molar-refractivity contribution in [3.8, 4) is 0 Å². The van der Waals surface area contributed by atoms with E-state index in [0.29, 0.717) is 18.5 Å². The topological polar surface area (TPSA) is 83.3 Å². The first-order chi connectivity index (χ1) is 12.5. The molecule has 1 unspecified atom stereocenters. The Morgan fingerprint density at radius 2 is 2.12 bits per heavy atom. The van der Waals surface area contributed by atoms with Gasteiger partial charge in [-0.1, -0.05) is 29.5 Å². The molecule has 0 amide bonds. The molecule has 2 heterocycles. The van der Waals surface area contributed by atoms with Gasteiger partial charge in [0, 0.05) is 19.1 Å². The highest BCUT2D eigenvalue weighted by Crippen LogP contribution is 2.29. The predicted octanol–water partition coefficient (Wildman–Crippen LogP) is 2.46. The minimum atomic E-state index is -1.97. The maximum atomic E-state index is 10.8. The molecule has 0 spiro atoms. The van der Waals surface area contributed by atoms with Gasteiger partial charge in [-0.2, -0.15) is 0 Å². The van der Waals surface area contributed by atoms with E-state index in [1.807, 2.05) is 23.0 Å². The van der Waals surface area contributed by atoms with E-state index in [-0.39, 0.29) is 0 Å². The Balaban J connectivity index is 1.53. The Kier molecular flexibility index (Phi) is 6.53. The molecule has 1 aromatic carbocycles. The van der Waals surface area contributed by atoms with Crippen molar-refractivity contribution < 1.29 is 8.76 Å². The molecule has 1 aromatic heterocycles. The van der Waals surface area contributed by atoms with E-state index >= 15 is 0 Å². The second kappa shape index (κ2) is 8.85. The number of nitrogens with zero attached hydrogens (tertiary/aromatic N) is 4. The third kappa shape index (κ3) is 5.20. The van der Waals surface area contributed by atoms with Crippen LogP contribution in [0.15, 0.2) is 30.5 Å². The molecule has 8 heteroatoms. The minimum absolute atomic E-state index is 0.340. The highest BCUT2D eigenvalue weighted by molar-refractivity contribution is 7.77. The molecular formula is C18H27N5O2S. The van der Waals surface area contributed by atoms with E-state index in [9.17, 15) is 4.21 Å². The number of nitrogens with one attached hydrogen (secondary N) is 1. The lowest BCUT2D eigenvalue weighted by atomic mass is 9.88. The SMILES string of the molecule is CC(C)n1cc(CN2CCC(c3cccc(CNS(=O)O)c3)CC2)nn1. The third-order valence-corrected chi connectivity index (χ3v) is 5.27. The Morgan fingerprint density at radius 3 is 2.77 bits per heavy atom. The van der Waals surface area contributed by atoms with Crippen LogP contribution in [0.1, 0.15) is 55.5 Å². The average Bonchev–Trinajstić information content (AvgIpc) is 3.10. The number of aromatic nitrogens is 3. The molecule has 3 rings (SSSR count). The lowest BCUT2D eigenvalue weighted by molar-refractivity contribution is 0.202. The molecule has 1 saturated heterocycles. The van der Waals surface area contributed by atoms with Gasteiger partial charge in [-0.15, -0.1) is 5.10 Å². The van der Waals surface area contributed by atoms with Gasteiger partial charge in [-0.3, -0.25) is 9.45 Å². The Bertz CT molecular complexity index is 741. The van der Waals surface area contributed by atoms with Crippen LogP contribution in [0, 0.1) is 0 Å². The van der Waals surface area contributed by atoms with Gasteiger partial charge in [0.1, 0.15) is 0 Å². The van der Waals surface area contributed by atoms with Crippen molar-refractivity contribution >= 4 is 11.3 Å². The van der Waals surface area contributed by atoms with Gasteiger partial charge in [0.2, 0.25) is 11.3 Å². The number of benzene rings is 1. The van der Waals surface area contributed by atoms with Crippen LogP contribution in [0.4, 0.5) is 0 Å². The summed E-state index contributed by atoms with van der Waals surface area (Å²) in [5.74, 6) is 0.539. The van der Waals surface area contributed by atoms with Crippen molar-refractivity contribution in [1.82, 2.24) is 24.6 Å². The van der Waals surface area contributed by atoms with E-state index < -0.39 is 11.3 Å². The van der Waals surface area contributed by atoms with Crippen molar-refractivity contribution in [2.45, 2.75) is 51.7 Å². The molecule has 0 radical (unpaired) electrons. The first-order valence-electron chi connectivity index (χ1n) is 9.07. The molecule has 0 saturated carbocycles. The minimum Gasteiger partial charge on any atom is -0.297 e. The van der Waals surface area contributed by atoms with Gasteiger partial charge in [0.05, 0.1) is 11.9 Å². The van der Waals surface area contributed by atoms with Crippen LogP contribution in [-0.2, 0) is 24.4 Å². The largest absolute Gasteiger partial charge is 0.297 e. The molecule has 1 aliphatic rings. The molecule has 26 heavy (non-hydrogen) atoms. The quantitative estimate of drug-likeness (QED) is 0.724. The highest BCUT2D eigenvalue weighted by Gasteiger charge is 2.21. The van der Waals surface area contributed by atoms with E-state index in [2.05, 4.69) is 45.9 Å². The second-order valence-electron chi connectivity index (χ2n) is 7.15. The van der Waals surface area contributed by atoms with Crippen LogP contribution in [0.25, 0.3) is 0 Å². The van der Waals surface area contributed by atoms with Crippen LogP contribution in [-0.4, -0.2) is 41.7 Å². The monoisotopic (exact) mass is 377 g/mol. The van der Waals surface area contributed by atoms with E-state index in [4.69, 9.17) is 4.55 Å². The first-order valence-corrected chi connectivity index (χ1v) is 10.2. The summed E-state index contributed by atoms with van der Waals surface area (Å²) in [6.45, 7) is 7.55. The van der Waals surface area contributed by atoms with E-state index in [1.165, 1.54) is 5.56 Å². The normalized spacial score (nSPS) is 17.7. The number of hydrogen-bond acceptors (Lipinski definition) is 4. The highest BCUT2D eigenvalue weighted by atomic mass is 32.2. The second-order valence-corrected chi connectivity index (χ2v) is 7.94. The zero-order valence-corrected chi connectivity index (χ0v) is 16.2. The van der Waals surface area contributed by atoms with Crippen LogP contribution in [0.2, 0.25) is 0 Å². The fourth-order valence-electron chi connectivity index (χ4n) is 3.39. The fraction of sp³-hybridized carbons (Fsp3) is 0.556. The van der Waals surface area contributed by atoms with Gasteiger partial charge in [0.25, 0.3) is 0 Å². The fourth-order valence-corrected chi connectivity index (χ4v) is 3.68. The summed E-state index contributed by atoms with van der Waals surface area (Å²) >= 11 is -1.97. The standard InChI is InChI=1S/C18H27N5O2S/c1-14(2)23-13-18(20-21-23)12-22-8-6-16(7-9-22)17-5-3-4-15(10-17)11-19-26(24)25/h3-5,10,13-14,16,19H,6-9,11-12H2,1-2H3,(H,24,25). The van der Waals surface area contributed by atoms with Crippen molar-refractivity contribution in [2.24, 2.45) is 0 Å². The van der Waals surface area contributed by atoms with Gasteiger partial charge in [0.15, 0.2) is 0 Å². The number of piperidine rings is 1. The molecule has 2 aromatic rings. The van der Waals surface area contributed by atoms with Gasteiger partial charge in [-0.25, -0.2) is 13.6 Å². The number of likely N-dealkylation sites (tertiary alicyclic amines) is 1. The lowest BCUT2D eigenvalue weighted by Gasteiger charge is -2.31. The third-order valence-electron chi connectivity index (χ3n) is 4.88. The molecule has 1 aliphatic heterocycles. The maximum Gasteiger partial charge on any atom is 0.232 e. The summed E-state index contributed by atoms with van der Waals surface area (Å²) in [7, 11) is 0. The summed E-state index contributed by atoms with van der Waals surface area (Å²) in [6, 6.07) is 8.66. The van der Waals surface area contributed by atoms with Crippen molar-refractivity contribution in [2.75, 3.05) is 13.1 Å². The Hall–Kier alpha value is -1.61. The summed E-state index contributed by atoms with van der Waals surface area (Å²) in [5.41, 5.74) is 3.39. The van der Waals surface area contributed by atoms with Crippen molar-refractivity contribution in [3.63, 3.8) is 0 Å². The van der Waals surface area contributed by atoms with Crippen molar-refractivity contribution in [3.05, 3.63) is 47.3 Å². The Morgan fingerprint density at radius 1 is 1.35 bits per heavy atom. The molecule has 2 N–H and O–H groups in total. The number of hydrogen-bond donors (Lipinski definition) is 2. The van der Waals surface area contributed by atoms with E-state index in [1.54, 1.807) is 0 Å². The summed E-state index contributed by atoms with van der Waals surface area (Å²) in [5, 5.41) is 8.45. The molecule has 0 aliphatic carbocycles. The first kappa shape index (κ1) is 19.2. The molecule has 142 valence electrons. The smallest absolute Gasteiger partial charge is 0.232 e.